The molecule has 3 heterocycles. The fraction of sp³-hybridized carbons (Fsp3) is 0.896. The number of aliphatic hydroxyl groups excluding tert-OH is 8. The van der Waals surface area contributed by atoms with Crippen LogP contribution in [0.15, 0.2) is 11.6 Å². The normalized spacial score (nSPS) is 54.0. The van der Waals surface area contributed by atoms with E-state index in [9.17, 15) is 65.4 Å². The zero-order chi connectivity index (χ0) is 49.1. The molecule has 24 unspecified atom stereocenters. The van der Waals surface area contributed by atoms with Crippen molar-refractivity contribution in [1.29, 1.82) is 0 Å². The SMILES string of the molecule is CC1OC(OC2C(O)C(C(=O)O)OC(OC3CCC4(C)C(CCC5(C)C4CC=C4C6CC(C)(C)CCC6(C(=O)O)CCC45C)C3(C)C=O)C2OC2OC(CO)C(O)C(O)C2O)C(O)C(O)C1O. The molecule has 0 aromatic heterocycles. The van der Waals surface area contributed by atoms with Gasteiger partial charge in [0.05, 0.1) is 29.6 Å². The summed E-state index contributed by atoms with van der Waals surface area (Å²) in [6.45, 7) is 13.8. The maximum absolute atomic E-state index is 13.8. The Morgan fingerprint density at radius 3 is 1.96 bits per heavy atom. The molecule has 24 atom stereocenters. The third-order valence-electron chi connectivity index (χ3n) is 19.3. The largest absolute Gasteiger partial charge is 0.481 e. The van der Waals surface area contributed by atoms with Gasteiger partial charge in [-0.1, -0.05) is 53.2 Å². The number of carboxylic acid groups (broad SMARTS) is 2. The lowest BCUT2D eigenvalue weighted by atomic mass is 9.33. The molecule has 5 aliphatic carbocycles. The Kier molecular flexibility index (Phi) is 13.6. The van der Waals surface area contributed by atoms with E-state index in [4.69, 9.17) is 28.4 Å². The molecule has 0 amide bonds. The molecule has 0 spiro atoms. The highest BCUT2D eigenvalue weighted by Gasteiger charge is 2.70. The van der Waals surface area contributed by atoms with E-state index in [0.717, 1.165) is 32.0 Å². The summed E-state index contributed by atoms with van der Waals surface area (Å²) in [5.74, 6) is -2.63. The number of aliphatic carboxylic acids is 2. The summed E-state index contributed by atoms with van der Waals surface area (Å²) in [5, 5.41) is 107. The van der Waals surface area contributed by atoms with Crippen LogP contribution in [0.2, 0.25) is 0 Å². The van der Waals surface area contributed by atoms with Crippen LogP contribution in [0.25, 0.3) is 0 Å². The third kappa shape index (κ3) is 7.88. The minimum Gasteiger partial charge on any atom is -0.481 e. The molecule has 0 aromatic rings. The second kappa shape index (κ2) is 17.8. The summed E-state index contributed by atoms with van der Waals surface area (Å²) in [7, 11) is 0. The maximum Gasteiger partial charge on any atom is 0.335 e. The molecule has 0 aromatic carbocycles. The lowest BCUT2D eigenvalue weighted by Gasteiger charge is -2.71. The number of allylic oxidation sites excluding steroid dienone is 2. The molecule has 380 valence electrons. The molecule has 7 fully saturated rings. The molecule has 8 rings (SSSR count). The lowest BCUT2D eigenvalue weighted by molar-refractivity contribution is -0.394. The Labute approximate surface area is 390 Å². The average molecular weight is 955 g/mol. The quantitative estimate of drug-likeness (QED) is 0.0830. The smallest absolute Gasteiger partial charge is 0.335 e. The topological polar surface area (TPSA) is 309 Å². The Morgan fingerprint density at radius 1 is 0.701 bits per heavy atom. The van der Waals surface area contributed by atoms with Crippen molar-refractivity contribution < 1.29 is 93.9 Å². The van der Waals surface area contributed by atoms with Gasteiger partial charge in [-0.2, -0.15) is 0 Å². The number of carboxylic acids is 2. The molecule has 3 saturated heterocycles. The van der Waals surface area contributed by atoms with Gasteiger partial charge in [0, 0.05) is 0 Å². The zero-order valence-electron chi connectivity index (χ0n) is 39.5. The van der Waals surface area contributed by atoms with E-state index in [0.29, 0.717) is 32.1 Å². The van der Waals surface area contributed by atoms with Gasteiger partial charge in [0.25, 0.3) is 0 Å². The maximum atomic E-state index is 13.8. The Hall–Kier alpha value is -2.21. The second-order valence-corrected chi connectivity index (χ2v) is 23.2. The van der Waals surface area contributed by atoms with Crippen molar-refractivity contribution >= 4 is 18.2 Å². The van der Waals surface area contributed by atoms with Gasteiger partial charge in [-0.25, -0.2) is 4.79 Å². The van der Waals surface area contributed by atoms with E-state index in [2.05, 4.69) is 40.7 Å². The number of aliphatic hydroxyl groups is 8. The number of rotatable bonds is 10. The number of carbonyl (C=O) groups is 3. The number of ether oxygens (including phenoxy) is 6. The van der Waals surface area contributed by atoms with Crippen molar-refractivity contribution in [2.45, 2.75) is 211 Å². The summed E-state index contributed by atoms with van der Waals surface area (Å²) in [6, 6.07) is 0. The first-order valence-electron chi connectivity index (χ1n) is 24.2. The molecule has 67 heavy (non-hydrogen) atoms. The van der Waals surface area contributed by atoms with E-state index < -0.39 is 133 Å². The van der Waals surface area contributed by atoms with Crippen molar-refractivity contribution in [2.24, 2.45) is 50.2 Å². The number of aldehydes is 1. The van der Waals surface area contributed by atoms with Gasteiger partial charge in [0.2, 0.25) is 0 Å². The summed E-state index contributed by atoms with van der Waals surface area (Å²) in [6.07, 6.45) is -18.3. The average Bonchev–Trinajstić information content (AvgIpc) is 3.27. The standard InChI is InChI=1S/C48H74O19/c1-21-28(51)30(53)32(55)39(62-21)65-35-34(57)36(38(58)59)66-41(37(35)67-40-33(56)31(54)29(52)24(19-49)63-40)64-27-11-12-44(4)25(45(27,5)20-50)10-13-47(7)26(44)9-8-22-23-18-43(2,3)14-16-48(23,42(60)61)17-15-46(22,47)6/h8,20-21,23-37,39-41,49,51-57H,9-19H2,1-7H3,(H,58,59)(H,60,61). The van der Waals surface area contributed by atoms with Gasteiger partial charge < -0.3 is 84.3 Å². The van der Waals surface area contributed by atoms with Crippen LogP contribution < -0.4 is 0 Å². The second-order valence-electron chi connectivity index (χ2n) is 23.2. The van der Waals surface area contributed by atoms with Gasteiger partial charge in [-0.05, 0) is 111 Å². The fourth-order valence-electron chi connectivity index (χ4n) is 14.9. The van der Waals surface area contributed by atoms with Crippen LogP contribution >= 0.6 is 0 Å². The van der Waals surface area contributed by atoms with E-state index >= 15 is 0 Å². The van der Waals surface area contributed by atoms with Crippen LogP contribution in [-0.2, 0) is 42.8 Å². The van der Waals surface area contributed by atoms with Gasteiger partial charge in [0.15, 0.2) is 25.0 Å². The van der Waals surface area contributed by atoms with Crippen LogP contribution in [0.5, 0.6) is 0 Å². The van der Waals surface area contributed by atoms with Gasteiger partial charge in [-0.3, -0.25) is 4.79 Å². The molecule has 3 aliphatic heterocycles. The van der Waals surface area contributed by atoms with Crippen LogP contribution in [0, 0.1) is 50.2 Å². The minimum absolute atomic E-state index is 0.000558. The molecule has 0 radical (unpaired) electrons. The summed E-state index contributed by atoms with van der Waals surface area (Å²) < 4.78 is 36.3. The predicted octanol–water partition coefficient (Wildman–Crippen LogP) is 1.01. The number of fused-ring (bicyclic) bond motifs is 7. The highest BCUT2D eigenvalue weighted by Crippen LogP contribution is 2.76. The van der Waals surface area contributed by atoms with Crippen molar-refractivity contribution in [3.63, 3.8) is 0 Å². The predicted molar refractivity (Wildman–Crippen MR) is 230 cm³/mol. The van der Waals surface area contributed by atoms with Crippen LogP contribution in [0.1, 0.15) is 113 Å². The molecule has 19 nitrogen and oxygen atoms in total. The van der Waals surface area contributed by atoms with Crippen molar-refractivity contribution in [3.8, 4) is 0 Å². The first kappa shape index (κ1) is 51.2. The van der Waals surface area contributed by atoms with E-state index in [-0.39, 0.29) is 40.4 Å². The Balaban J connectivity index is 1.12. The molecule has 19 heteroatoms. The van der Waals surface area contributed by atoms with Crippen LogP contribution in [-0.4, -0.2) is 174 Å². The molecule has 8 aliphatic rings. The summed E-state index contributed by atoms with van der Waals surface area (Å²) in [4.78, 5) is 39.8. The van der Waals surface area contributed by atoms with E-state index in [1.54, 1.807) is 6.92 Å². The van der Waals surface area contributed by atoms with Gasteiger partial charge in [0.1, 0.15) is 67.3 Å². The minimum atomic E-state index is -2.13. The van der Waals surface area contributed by atoms with Gasteiger partial charge >= 0.3 is 11.9 Å². The Morgan fingerprint density at radius 2 is 1.33 bits per heavy atom. The molecular formula is C48H74O19. The van der Waals surface area contributed by atoms with E-state index in [1.807, 2.05) is 0 Å². The molecule has 10 N–H and O–H groups in total. The van der Waals surface area contributed by atoms with E-state index in [1.165, 1.54) is 12.5 Å². The van der Waals surface area contributed by atoms with Gasteiger partial charge in [-0.15, -0.1) is 0 Å². The zero-order valence-corrected chi connectivity index (χ0v) is 39.5. The van der Waals surface area contributed by atoms with Crippen molar-refractivity contribution in [1.82, 2.24) is 0 Å². The lowest BCUT2D eigenvalue weighted by Crippen LogP contribution is -2.69. The molecular weight excluding hydrogens is 881 g/mol. The third-order valence-corrected chi connectivity index (χ3v) is 19.3. The highest BCUT2D eigenvalue weighted by atomic mass is 16.8. The number of hydrogen-bond acceptors (Lipinski definition) is 17. The summed E-state index contributed by atoms with van der Waals surface area (Å²) in [5.41, 5.74) is -1.73. The van der Waals surface area contributed by atoms with Crippen molar-refractivity contribution in [2.75, 3.05) is 6.61 Å². The number of hydrogen-bond donors (Lipinski definition) is 10. The Bertz CT molecular complexity index is 1910. The van der Waals surface area contributed by atoms with Crippen LogP contribution in [0.3, 0.4) is 0 Å². The van der Waals surface area contributed by atoms with Crippen molar-refractivity contribution in [3.05, 3.63) is 11.6 Å². The molecule has 4 saturated carbocycles. The summed E-state index contributed by atoms with van der Waals surface area (Å²) >= 11 is 0. The van der Waals surface area contributed by atoms with Crippen LogP contribution in [0.4, 0.5) is 0 Å². The number of carbonyl (C=O) groups excluding carboxylic acids is 1. The fourth-order valence-corrected chi connectivity index (χ4v) is 14.9. The monoisotopic (exact) mass is 954 g/mol. The molecule has 0 bridgehead atoms. The first-order chi connectivity index (χ1) is 31.2. The first-order valence-corrected chi connectivity index (χ1v) is 24.2. The highest BCUT2D eigenvalue weighted by molar-refractivity contribution is 5.77.